The number of nitrogens with zero attached hydrogens (tertiary/aromatic N) is 4. The van der Waals surface area contributed by atoms with Crippen LogP contribution in [0.15, 0.2) is 110 Å². The van der Waals surface area contributed by atoms with E-state index < -0.39 is 0 Å². The standard InChI is InChI=1S/C30H18N4/c1-2-8-22-19(7-1)14-15-25-28(22)24-9-3-4-12-27(24)34-29(25)30-32-17-20(18-33-30)21-10-5-13-26-23(21)11-6-16-31-26/h1-18H. The first-order chi connectivity index (χ1) is 16.9. The summed E-state index contributed by atoms with van der Waals surface area (Å²) in [5.41, 5.74) is 4.72. The molecule has 0 aliphatic rings. The molecule has 7 aromatic rings. The molecule has 3 aromatic heterocycles. The molecule has 4 nitrogen and oxygen atoms in total. The number of hydrogen-bond acceptors (Lipinski definition) is 4. The average Bonchev–Trinajstić information content (AvgIpc) is 2.92. The molecule has 34 heavy (non-hydrogen) atoms. The zero-order chi connectivity index (χ0) is 22.5. The van der Waals surface area contributed by atoms with Gasteiger partial charge in [-0.15, -0.1) is 0 Å². The van der Waals surface area contributed by atoms with Gasteiger partial charge in [0.1, 0.15) is 5.69 Å². The molecule has 0 atom stereocenters. The summed E-state index contributed by atoms with van der Waals surface area (Å²) in [4.78, 5) is 19.0. The summed E-state index contributed by atoms with van der Waals surface area (Å²) in [6, 6.07) is 31.2. The van der Waals surface area contributed by atoms with Gasteiger partial charge in [0.15, 0.2) is 5.82 Å². The van der Waals surface area contributed by atoms with Gasteiger partial charge >= 0.3 is 0 Å². The predicted molar refractivity (Wildman–Crippen MR) is 139 cm³/mol. The molecule has 0 N–H and O–H groups in total. The molecular formula is C30H18N4. The second-order valence-corrected chi connectivity index (χ2v) is 8.36. The van der Waals surface area contributed by atoms with Crippen molar-refractivity contribution in [3.05, 3.63) is 110 Å². The number of hydrogen-bond donors (Lipinski definition) is 0. The van der Waals surface area contributed by atoms with E-state index >= 15 is 0 Å². The SMILES string of the molecule is c1ccc2c(c1)ccc1c(-c3ncc(-c4cccc5ncccc45)cn3)nc3ccccc3c12. The second kappa shape index (κ2) is 7.42. The largest absolute Gasteiger partial charge is 0.256 e. The Kier molecular flexibility index (Phi) is 4.11. The lowest BCUT2D eigenvalue weighted by molar-refractivity contribution is 1.16. The van der Waals surface area contributed by atoms with Crippen LogP contribution in [0.5, 0.6) is 0 Å². The lowest BCUT2D eigenvalue weighted by Crippen LogP contribution is -1.96. The number of aromatic nitrogens is 4. The van der Waals surface area contributed by atoms with E-state index in [0.717, 1.165) is 44.0 Å². The lowest BCUT2D eigenvalue weighted by Gasteiger charge is -2.12. The summed E-state index contributed by atoms with van der Waals surface area (Å²) in [6.07, 6.45) is 5.58. The summed E-state index contributed by atoms with van der Waals surface area (Å²) in [7, 11) is 0. The maximum Gasteiger partial charge on any atom is 0.178 e. The Hall–Kier alpha value is -4.70. The molecule has 0 aliphatic carbocycles. The Morgan fingerprint density at radius 3 is 2.18 bits per heavy atom. The molecule has 3 heterocycles. The predicted octanol–water partition coefficient (Wildman–Crippen LogP) is 7.21. The highest BCUT2D eigenvalue weighted by molar-refractivity contribution is 6.22. The minimum Gasteiger partial charge on any atom is -0.256 e. The molecule has 0 radical (unpaired) electrons. The molecule has 0 fully saturated rings. The van der Waals surface area contributed by atoms with Gasteiger partial charge in [0.25, 0.3) is 0 Å². The van der Waals surface area contributed by atoms with Crippen LogP contribution >= 0.6 is 0 Å². The third kappa shape index (κ3) is 2.86. The Labute approximate surface area is 195 Å². The molecular weight excluding hydrogens is 416 g/mol. The topological polar surface area (TPSA) is 51.6 Å². The summed E-state index contributed by atoms with van der Waals surface area (Å²) >= 11 is 0. The van der Waals surface area contributed by atoms with Crippen LogP contribution < -0.4 is 0 Å². The van der Waals surface area contributed by atoms with Crippen molar-refractivity contribution in [2.75, 3.05) is 0 Å². The van der Waals surface area contributed by atoms with Crippen molar-refractivity contribution in [2.24, 2.45) is 0 Å². The van der Waals surface area contributed by atoms with E-state index in [1.165, 1.54) is 16.2 Å². The molecule has 0 spiro atoms. The van der Waals surface area contributed by atoms with Gasteiger partial charge in [-0.25, -0.2) is 15.0 Å². The van der Waals surface area contributed by atoms with Gasteiger partial charge in [-0.05, 0) is 34.5 Å². The molecule has 0 amide bonds. The summed E-state index contributed by atoms with van der Waals surface area (Å²) < 4.78 is 0. The fraction of sp³-hybridized carbons (Fsp3) is 0. The van der Waals surface area contributed by atoms with Crippen LogP contribution in [0.2, 0.25) is 0 Å². The van der Waals surface area contributed by atoms with Crippen LogP contribution in [-0.2, 0) is 0 Å². The summed E-state index contributed by atoms with van der Waals surface area (Å²) in [6.45, 7) is 0. The smallest absolute Gasteiger partial charge is 0.178 e. The number of pyridine rings is 2. The normalized spacial score (nSPS) is 11.5. The van der Waals surface area contributed by atoms with Crippen LogP contribution in [-0.4, -0.2) is 19.9 Å². The molecule has 0 saturated heterocycles. The van der Waals surface area contributed by atoms with Gasteiger partial charge in [-0.2, -0.15) is 0 Å². The highest BCUT2D eigenvalue weighted by Crippen LogP contribution is 2.36. The number of fused-ring (bicyclic) bond motifs is 6. The van der Waals surface area contributed by atoms with Gasteiger partial charge < -0.3 is 0 Å². The van der Waals surface area contributed by atoms with Crippen LogP contribution in [0.25, 0.3) is 66.0 Å². The van der Waals surface area contributed by atoms with E-state index in [1.54, 1.807) is 0 Å². The van der Waals surface area contributed by atoms with Gasteiger partial charge in [0.05, 0.1) is 11.0 Å². The maximum atomic E-state index is 5.00. The van der Waals surface area contributed by atoms with E-state index in [0.29, 0.717) is 5.82 Å². The van der Waals surface area contributed by atoms with E-state index in [2.05, 4.69) is 71.7 Å². The first-order valence-corrected chi connectivity index (χ1v) is 11.2. The Balaban J connectivity index is 1.46. The van der Waals surface area contributed by atoms with Crippen molar-refractivity contribution < 1.29 is 0 Å². The van der Waals surface area contributed by atoms with Crippen LogP contribution in [0.1, 0.15) is 0 Å². The van der Waals surface area contributed by atoms with Crippen molar-refractivity contribution in [3.8, 4) is 22.6 Å². The second-order valence-electron chi connectivity index (χ2n) is 8.36. The Morgan fingerprint density at radius 2 is 1.26 bits per heavy atom. The lowest BCUT2D eigenvalue weighted by atomic mass is 9.97. The molecule has 4 aromatic carbocycles. The van der Waals surface area contributed by atoms with Crippen LogP contribution in [0.4, 0.5) is 0 Å². The molecule has 0 bridgehead atoms. The van der Waals surface area contributed by atoms with Gasteiger partial charge in [0, 0.05) is 45.7 Å². The number of rotatable bonds is 2. The van der Waals surface area contributed by atoms with Gasteiger partial charge in [-0.3, -0.25) is 4.98 Å². The van der Waals surface area contributed by atoms with Crippen molar-refractivity contribution in [1.29, 1.82) is 0 Å². The molecule has 0 aliphatic heterocycles. The Morgan fingerprint density at radius 1 is 0.500 bits per heavy atom. The summed E-state index contributed by atoms with van der Waals surface area (Å²) in [5.74, 6) is 0.619. The monoisotopic (exact) mass is 434 g/mol. The molecule has 7 rings (SSSR count). The van der Waals surface area contributed by atoms with Crippen LogP contribution in [0.3, 0.4) is 0 Å². The summed E-state index contributed by atoms with van der Waals surface area (Å²) in [5, 5.41) is 6.88. The Bertz CT molecular complexity index is 1840. The number of benzene rings is 4. The van der Waals surface area contributed by atoms with Crippen molar-refractivity contribution in [3.63, 3.8) is 0 Å². The quantitative estimate of drug-likeness (QED) is 0.270. The molecule has 0 saturated carbocycles. The van der Waals surface area contributed by atoms with Gasteiger partial charge in [0.2, 0.25) is 0 Å². The zero-order valence-corrected chi connectivity index (χ0v) is 18.2. The van der Waals surface area contributed by atoms with E-state index in [4.69, 9.17) is 15.0 Å². The first-order valence-electron chi connectivity index (χ1n) is 11.2. The average molecular weight is 435 g/mol. The van der Waals surface area contributed by atoms with E-state index in [-0.39, 0.29) is 0 Å². The minimum atomic E-state index is 0.619. The molecule has 0 unspecified atom stereocenters. The van der Waals surface area contributed by atoms with Crippen LogP contribution in [0, 0.1) is 0 Å². The van der Waals surface area contributed by atoms with Gasteiger partial charge in [-0.1, -0.05) is 72.8 Å². The number of para-hydroxylation sites is 1. The van der Waals surface area contributed by atoms with Crippen molar-refractivity contribution >= 4 is 43.4 Å². The molecule has 4 heteroatoms. The maximum absolute atomic E-state index is 5.00. The zero-order valence-electron chi connectivity index (χ0n) is 18.2. The fourth-order valence-electron chi connectivity index (χ4n) is 4.84. The molecule has 158 valence electrons. The minimum absolute atomic E-state index is 0.619. The highest BCUT2D eigenvalue weighted by Gasteiger charge is 2.15. The fourth-order valence-corrected chi connectivity index (χ4v) is 4.84. The third-order valence-corrected chi connectivity index (χ3v) is 6.41. The van der Waals surface area contributed by atoms with Crippen molar-refractivity contribution in [2.45, 2.75) is 0 Å². The first kappa shape index (κ1) is 18.8. The van der Waals surface area contributed by atoms with E-state index in [1.807, 2.05) is 42.9 Å². The third-order valence-electron chi connectivity index (χ3n) is 6.41. The van der Waals surface area contributed by atoms with E-state index in [9.17, 15) is 0 Å². The van der Waals surface area contributed by atoms with Crippen molar-refractivity contribution in [1.82, 2.24) is 19.9 Å². The highest BCUT2D eigenvalue weighted by atomic mass is 14.9.